The Balaban J connectivity index is 1.88. The maximum absolute atomic E-state index is 13.5. The highest BCUT2D eigenvalue weighted by Gasteiger charge is 2.25. The molecular formula is C24H26N2O5S. The van der Waals surface area contributed by atoms with Gasteiger partial charge in [0.25, 0.3) is 0 Å². The molecule has 0 bridgehead atoms. The second kappa shape index (κ2) is 10.9. The van der Waals surface area contributed by atoms with E-state index in [0.29, 0.717) is 30.2 Å². The van der Waals surface area contributed by atoms with Crippen molar-refractivity contribution in [1.82, 2.24) is 9.29 Å². The van der Waals surface area contributed by atoms with Gasteiger partial charge in [-0.1, -0.05) is 18.2 Å². The van der Waals surface area contributed by atoms with Crippen LogP contribution in [-0.4, -0.2) is 36.9 Å². The Morgan fingerprint density at radius 3 is 2.22 bits per heavy atom. The van der Waals surface area contributed by atoms with Gasteiger partial charge in [0.1, 0.15) is 5.75 Å². The van der Waals surface area contributed by atoms with E-state index in [1.54, 1.807) is 61.7 Å². The molecule has 0 aliphatic carbocycles. The van der Waals surface area contributed by atoms with Crippen molar-refractivity contribution in [2.24, 2.45) is 0 Å². The third-order valence-electron chi connectivity index (χ3n) is 4.66. The van der Waals surface area contributed by atoms with E-state index in [1.165, 1.54) is 16.4 Å². The van der Waals surface area contributed by atoms with Gasteiger partial charge in [0.2, 0.25) is 10.0 Å². The Morgan fingerprint density at radius 1 is 0.906 bits per heavy atom. The molecule has 0 atom stereocenters. The molecule has 0 amide bonds. The zero-order chi connectivity index (χ0) is 23.0. The standard InChI is InChI=1S/C24H26N2O5S/c1-3-30-22-12-14-23(15-13-22)32(28,29)26(18-21-7-5-6-16-25-21)17-19-8-10-20(11-9-19)24(27)31-4-2/h5-16H,3-4,17-18H2,1-2H3. The number of rotatable bonds is 10. The Hall–Kier alpha value is -3.23. The topological polar surface area (TPSA) is 85.8 Å². The minimum Gasteiger partial charge on any atom is -0.494 e. The van der Waals surface area contributed by atoms with Gasteiger partial charge >= 0.3 is 5.97 Å². The third-order valence-corrected chi connectivity index (χ3v) is 6.47. The molecule has 32 heavy (non-hydrogen) atoms. The van der Waals surface area contributed by atoms with Crippen LogP contribution in [0.4, 0.5) is 0 Å². The van der Waals surface area contributed by atoms with Crippen LogP contribution in [0.1, 0.15) is 35.5 Å². The molecule has 0 spiro atoms. The molecular weight excluding hydrogens is 428 g/mol. The summed E-state index contributed by atoms with van der Waals surface area (Å²) in [6.07, 6.45) is 1.63. The smallest absolute Gasteiger partial charge is 0.338 e. The van der Waals surface area contributed by atoms with Gasteiger partial charge in [-0.05, 0) is 67.9 Å². The summed E-state index contributed by atoms with van der Waals surface area (Å²) < 4.78 is 38.7. The Morgan fingerprint density at radius 2 is 1.62 bits per heavy atom. The zero-order valence-electron chi connectivity index (χ0n) is 18.1. The van der Waals surface area contributed by atoms with Gasteiger partial charge in [0.15, 0.2) is 0 Å². The van der Waals surface area contributed by atoms with Crippen LogP contribution < -0.4 is 4.74 Å². The van der Waals surface area contributed by atoms with E-state index in [1.807, 2.05) is 13.0 Å². The summed E-state index contributed by atoms with van der Waals surface area (Å²) in [5, 5.41) is 0. The first kappa shape index (κ1) is 23.4. The van der Waals surface area contributed by atoms with Crippen LogP contribution >= 0.6 is 0 Å². The summed E-state index contributed by atoms with van der Waals surface area (Å²) in [6, 6.07) is 18.5. The van der Waals surface area contributed by atoms with Gasteiger partial charge in [-0.2, -0.15) is 4.31 Å². The number of aromatic nitrogens is 1. The second-order valence-corrected chi connectivity index (χ2v) is 8.85. The second-order valence-electron chi connectivity index (χ2n) is 6.92. The fourth-order valence-corrected chi connectivity index (χ4v) is 4.49. The first-order valence-electron chi connectivity index (χ1n) is 10.3. The largest absolute Gasteiger partial charge is 0.494 e. The van der Waals surface area contributed by atoms with Crippen LogP contribution in [0.3, 0.4) is 0 Å². The fraction of sp³-hybridized carbons (Fsp3) is 0.250. The molecule has 3 aromatic rings. The summed E-state index contributed by atoms with van der Waals surface area (Å²) in [7, 11) is -3.82. The van der Waals surface area contributed by atoms with Crippen molar-refractivity contribution in [2.75, 3.05) is 13.2 Å². The normalized spacial score (nSPS) is 11.3. The number of sulfonamides is 1. The van der Waals surface area contributed by atoms with Crippen LogP contribution in [0.5, 0.6) is 5.75 Å². The Kier molecular flexibility index (Phi) is 7.97. The summed E-state index contributed by atoms with van der Waals surface area (Å²) in [5.41, 5.74) is 1.79. The average molecular weight is 455 g/mol. The maximum atomic E-state index is 13.5. The molecule has 0 aliphatic heterocycles. The molecule has 0 fully saturated rings. The molecule has 168 valence electrons. The highest BCUT2D eigenvalue weighted by atomic mass is 32.2. The number of nitrogens with zero attached hydrogens (tertiary/aromatic N) is 2. The van der Waals surface area contributed by atoms with Crippen LogP contribution in [0.15, 0.2) is 77.8 Å². The van der Waals surface area contributed by atoms with Crippen molar-refractivity contribution in [1.29, 1.82) is 0 Å². The van der Waals surface area contributed by atoms with Crippen molar-refractivity contribution in [3.05, 3.63) is 89.7 Å². The van der Waals surface area contributed by atoms with Gasteiger partial charge < -0.3 is 9.47 Å². The number of carbonyl (C=O) groups excluding carboxylic acids is 1. The first-order valence-corrected chi connectivity index (χ1v) is 11.8. The summed E-state index contributed by atoms with van der Waals surface area (Å²) >= 11 is 0. The lowest BCUT2D eigenvalue weighted by Crippen LogP contribution is -2.30. The molecule has 0 aliphatic rings. The van der Waals surface area contributed by atoms with E-state index < -0.39 is 16.0 Å². The number of esters is 1. The number of hydrogen-bond acceptors (Lipinski definition) is 6. The van der Waals surface area contributed by atoms with Gasteiger partial charge in [-0.3, -0.25) is 4.98 Å². The minimum absolute atomic E-state index is 0.107. The average Bonchev–Trinajstić information content (AvgIpc) is 2.80. The van der Waals surface area contributed by atoms with Crippen LogP contribution in [-0.2, 0) is 27.8 Å². The van der Waals surface area contributed by atoms with Gasteiger partial charge in [-0.25, -0.2) is 13.2 Å². The van der Waals surface area contributed by atoms with E-state index in [0.717, 1.165) is 5.56 Å². The molecule has 1 aromatic heterocycles. The maximum Gasteiger partial charge on any atom is 0.338 e. The highest BCUT2D eigenvalue weighted by molar-refractivity contribution is 7.89. The molecule has 0 saturated carbocycles. The van der Waals surface area contributed by atoms with E-state index in [2.05, 4.69) is 4.98 Å². The number of hydrogen-bond donors (Lipinski definition) is 0. The number of carbonyl (C=O) groups is 1. The molecule has 3 rings (SSSR count). The molecule has 8 heteroatoms. The molecule has 0 unspecified atom stereocenters. The summed E-state index contributed by atoms with van der Waals surface area (Å²) in [4.78, 5) is 16.3. The van der Waals surface area contributed by atoms with Crippen molar-refractivity contribution >= 4 is 16.0 Å². The Bertz CT molecular complexity index is 1120. The van der Waals surface area contributed by atoms with E-state index >= 15 is 0 Å². The lowest BCUT2D eigenvalue weighted by molar-refractivity contribution is 0.0526. The van der Waals surface area contributed by atoms with Crippen LogP contribution in [0, 0.1) is 0 Å². The molecule has 0 N–H and O–H groups in total. The molecule has 2 aromatic carbocycles. The molecule has 7 nitrogen and oxygen atoms in total. The lowest BCUT2D eigenvalue weighted by atomic mass is 10.1. The molecule has 0 saturated heterocycles. The lowest BCUT2D eigenvalue weighted by Gasteiger charge is -2.22. The predicted molar refractivity (Wildman–Crippen MR) is 121 cm³/mol. The first-order chi connectivity index (χ1) is 15.4. The quantitative estimate of drug-likeness (QED) is 0.430. The van der Waals surface area contributed by atoms with Crippen molar-refractivity contribution in [3.8, 4) is 5.75 Å². The monoisotopic (exact) mass is 454 g/mol. The van der Waals surface area contributed by atoms with Crippen molar-refractivity contribution in [3.63, 3.8) is 0 Å². The van der Waals surface area contributed by atoms with Gasteiger partial charge in [-0.15, -0.1) is 0 Å². The van der Waals surface area contributed by atoms with Gasteiger partial charge in [0, 0.05) is 12.7 Å². The van der Waals surface area contributed by atoms with Crippen molar-refractivity contribution in [2.45, 2.75) is 31.8 Å². The molecule has 0 radical (unpaired) electrons. The third kappa shape index (κ3) is 5.93. The van der Waals surface area contributed by atoms with E-state index in [4.69, 9.17) is 9.47 Å². The molecule has 1 heterocycles. The number of pyridine rings is 1. The predicted octanol–water partition coefficient (Wildman–Crippen LogP) is 4.05. The Labute approximate surface area is 188 Å². The van der Waals surface area contributed by atoms with Crippen LogP contribution in [0.2, 0.25) is 0 Å². The summed E-state index contributed by atoms with van der Waals surface area (Å²) in [5.74, 6) is 0.198. The van der Waals surface area contributed by atoms with Gasteiger partial charge in [0.05, 0.1) is 35.9 Å². The minimum atomic E-state index is -3.82. The van der Waals surface area contributed by atoms with Crippen LogP contribution in [0.25, 0.3) is 0 Å². The van der Waals surface area contributed by atoms with Crippen molar-refractivity contribution < 1.29 is 22.7 Å². The summed E-state index contributed by atoms with van der Waals surface area (Å²) in [6.45, 7) is 4.63. The van der Waals surface area contributed by atoms with E-state index in [9.17, 15) is 13.2 Å². The number of benzene rings is 2. The fourth-order valence-electron chi connectivity index (χ4n) is 3.09. The SMILES string of the molecule is CCOC(=O)c1ccc(CN(Cc2ccccn2)S(=O)(=O)c2ccc(OCC)cc2)cc1. The zero-order valence-corrected chi connectivity index (χ0v) is 18.9. The number of ether oxygens (including phenoxy) is 2. The van der Waals surface area contributed by atoms with E-state index in [-0.39, 0.29) is 18.0 Å². The highest BCUT2D eigenvalue weighted by Crippen LogP contribution is 2.23.